The summed E-state index contributed by atoms with van der Waals surface area (Å²) in [6, 6.07) is 4.12. The molecule has 0 saturated heterocycles. The van der Waals surface area contributed by atoms with Crippen molar-refractivity contribution in [3.05, 3.63) is 18.2 Å². The Morgan fingerprint density at radius 1 is 1.47 bits per heavy atom. The summed E-state index contributed by atoms with van der Waals surface area (Å²) >= 11 is 0. The lowest BCUT2D eigenvalue weighted by molar-refractivity contribution is -0.117. The Balaban J connectivity index is 2.49. The fraction of sp³-hybridized carbons (Fsp3) is 0.300. The van der Waals surface area contributed by atoms with E-state index in [1.165, 1.54) is 18.2 Å². The molecule has 1 heterocycles. The number of anilines is 1. The molecule has 1 atom stereocenters. The number of sulfonamides is 1. The molecule has 92 valence electrons. The number of carbonyl (C=O) groups is 1. The molecule has 0 fully saturated rings. The minimum atomic E-state index is -3.79. The first-order valence-corrected chi connectivity index (χ1v) is 6.54. The highest BCUT2D eigenvalue weighted by atomic mass is 32.2. The van der Waals surface area contributed by atoms with Crippen molar-refractivity contribution in [2.75, 3.05) is 5.32 Å². The van der Waals surface area contributed by atoms with Crippen LogP contribution in [-0.2, 0) is 14.8 Å². The molecule has 1 aromatic carbocycles. The van der Waals surface area contributed by atoms with Gasteiger partial charge in [0.25, 0.3) is 0 Å². The topological polar surface area (TPSA) is 98.5 Å². The molecule has 1 aliphatic heterocycles. The average Bonchev–Trinajstić information content (AvgIpc) is 2.31. The second kappa shape index (κ2) is 4.01. The summed E-state index contributed by atoms with van der Waals surface area (Å²) in [7, 11) is -3.79. The molecule has 1 aromatic rings. The Morgan fingerprint density at radius 3 is 2.82 bits per heavy atom. The number of carbonyl (C=O) groups excluding carboxylic acids is 1. The largest absolute Gasteiger partial charge is 0.488 e. The number of benzene rings is 1. The summed E-state index contributed by atoms with van der Waals surface area (Å²) in [6.07, 6.45) is -0.0315. The molecule has 2 rings (SSSR count). The van der Waals surface area contributed by atoms with Crippen LogP contribution in [0.3, 0.4) is 0 Å². The summed E-state index contributed by atoms with van der Waals surface area (Å²) in [6.45, 7) is 1.77. The van der Waals surface area contributed by atoms with Gasteiger partial charge in [0, 0.05) is 0 Å². The smallest absolute Gasteiger partial charge is 0.238 e. The van der Waals surface area contributed by atoms with Crippen LogP contribution >= 0.6 is 0 Å². The van der Waals surface area contributed by atoms with E-state index >= 15 is 0 Å². The number of nitrogens with one attached hydrogen (secondary N) is 1. The predicted octanol–water partition coefficient (Wildman–Crippen LogP) is 0.444. The van der Waals surface area contributed by atoms with E-state index in [2.05, 4.69) is 5.32 Å². The summed E-state index contributed by atoms with van der Waals surface area (Å²) in [5, 5.41) is 7.59. The van der Waals surface area contributed by atoms with Gasteiger partial charge in [-0.2, -0.15) is 0 Å². The summed E-state index contributed by atoms with van der Waals surface area (Å²) < 4.78 is 27.8. The number of fused-ring (bicyclic) bond motifs is 1. The van der Waals surface area contributed by atoms with Crippen molar-refractivity contribution in [1.29, 1.82) is 0 Å². The maximum absolute atomic E-state index is 11.4. The predicted molar refractivity (Wildman–Crippen MR) is 61.2 cm³/mol. The molecule has 3 N–H and O–H groups in total. The lowest BCUT2D eigenvalue weighted by Crippen LogP contribution is -2.17. The Bertz CT molecular complexity index is 568. The molecule has 0 saturated carbocycles. The highest BCUT2D eigenvalue weighted by Crippen LogP contribution is 2.30. The zero-order chi connectivity index (χ0) is 12.6. The van der Waals surface area contributed by atoms with Crippen molar-refractivity contribution in [1.82, 2.24) is 0 Å². The van der Waals surface area contributed by atoms with E-state index in [9.17, 15) is 13.2 Å². The van der Waals surface area contributed by atoms with E-state index in [-0.39, 0.29) is 23.3 Å². The van der Waals surface area contributed by atoms with E-state index in [0.717, 1.165) is 0 Å². The van der Waals surface area contributed by atoms with Crippen LogP contribution in [0.1, 0.15) is 13.3 Å². The van der Waals surface area contributed by atoms with Gasteiger partial charge < -0.3 is 10.1 Å². The van der Waals surface area contributed by atoms with Gasteiger partial charge >= 0.3 is 0 Å². The molecule has 1 unspecified atom stereocenters. The first kappa shape index (κ1) is 11.9. The maximum Gasteiger partial charge on any atom is 0.238 e. The highest BCUT2D eigenvalue weighted by molar-refractivity contribution is 7.89. The molecule has 17 heavy (non-hydrogen) atoms. The van der Waals surface area contributed by atoms with Gasteiger partial charge in [-0.25, -0.2) is 13.6 Å². The second-order valence-corrected chi connectivity index (χ2v) is 5.45. The van der Waals surface area contributed by atoms with Gasteiger partial charge in [-0.1, -0.05) is 0 Å². The fourth-order valence-electron chi connectivity index (χ4n) is 1.61. The number of nitrogens with two attached hydrogens (primary N) is 1. The minimum absolute atomic E-state index is 0.0605. The van der Waals surface area contributed by atoms with Crippen LogP contribution in [0.4, 0.5) is 5.69 Å². The van der Waals surface area contributed by atoms with E-state index in [1.54, 1.807) is 6.92 Å². The van der Waals surface area contributed by atoms with E-state index in [0.29, 0.717) is 11.4 Å². The molecule has 0 spiro atoms. The van der Waals surface area contributed by atoms with Crippen LogP contribution in [0.2, 0.25) is 0 Å². The Labute approximate surface area is 98.8 Å². The number of ether oxygens (including phenoxy) is 1. The first-order chi connectivity index (χ1) is 7.86. The van der Waals surface area contributed by atoms with Gasteiger partial charge in [0.2, 0.25) is 15.9 Å². The van der Waals surface area contributed by atoms with Crippen molar-refractivity contribution in [2.24, 2.45) is 5.14 Å². The summed E-state index contributed by atoms with van der Waals surface area (Å²) in [4.78, 5) is 11.4. The van der Waals surface area contributed by atoms with Crippen LogP contribution in [0.25, 0.3) is 0 Å². The lowest BCUT2D eigenvalue weighted by Gasteiger charge is -2.11. The fourth-order valence-corrected chi connectivity index (χ4v) is 2.15. The van der Waals surface area contributed by atoms with Crippen LogP contribution in [0.15, 0.2) is 23.1 Å². The van der Waals surface area contributed by atoms with Crippen molar-refractivity contribution < 1.29 is 17.9 Å². The average molecular weight is 256 g/mol. The van der Waals surface area contributed by atoms with Crippen LogP contribution in [0, 0.1) is 0 Å². The van der Waals surface area contributed by atoms with Gasteiger partial charge in [-0.05, 0) is 25.1 Å². The molecule has 1 amide bonds. The van der Waals surface area contributed by atoms with E-state index in [1.807, 2.05) is 0 Å². The second-order valence-electron chi connectivity index (χ2n) is 3.88. The van der Waals surface area contributed by atoms with Crippen LogP contribution in [-0.4, -0.2) is 20.4 Å². The summed E-state index contributed by atoms with van der Waals surface area (Å²) in [5.41, 5.74) is 0.325. The van der Waals surface area contributed by atoms with Crippen LogP contribution < -0.4 is 15.2 Å². The molecule has 1 aliphatic rings. The van der Waals surface area contributed by atoms with Crippen molar-refractivity contribution in [3.8, 4) is 5.75 Å². The van der Waals surface area contributed by atoms with Gasteiger partial charge in [-0.3, -0.25) is 4.79 Å². The lowest BCUT2D eigenvalue weighted by atomic mass is 10.3. The highest BCUT2D eigenvalue weighted by Gasteiger charge is 2.21. The van der Waals surface area contributed by atoms with Gasteiger partial charge in [0.15, 0.2) is 0 Å². The van der Waals surface area contributed by atoms with Gasteiger partial charge in [0.1, 0.15) is 11.9 Å². The third-order valence-corrected chi connectivity index (χ3v) is 3.27. The SMILES string of the molecule is CC1CC(=O)Nc2cc(S(N)(=O)=O)ccc2O1. The Hall–Kier alpha value is -1.60. The quantitative estimate of drug-likeness (QED) is 0.761. The molecule has 0 bridgehead atoms. The van der Waals surface area contributed by atoms with Crippen molar-refractivity contribution >= 4 is 21.6 Å². The molecule has 7 heteroatoms. The third kappa shape index (κ3) is 2.56. The monoisotopic (exact) mass is 256 g/mol. The summed E-state index contributed by atoms with van der Waals surface area (Å²) in [5.74, 6) is 0.221. The molecule has 0 radical (unpaired) electrons. The normalized spacial score (nSPS) is 19.9. The van der Waals surface area contributed by atoms with E-state index < -0.39 is 10.0 Å². The number of hydrogen-bond acceptors (Lipinski definition) is 4. The minimum Gasteiger partial charge on any atom is -0.488 e. The zero-order valence-corrected chi connectivity index (χ0v) is 9.95. The molecule has 0 aliphatic carbocycles. The third-order valence-electron chi connectivity index (χ3n) is 2.35. The van der Waals surface area contributed by atoms with E-state index in [4.69, 9.17) is 9.88 Å². The number of amides is 1. The van der Waals surface area contributed by atoms with Crippen molar-refractivity contribution in [2.45, 2.75) is 24.3 Å². The van der Waals surface area contributed by atoms with Gasteiger partial charge in [0.05, 0.1) is 17.0 Å². The zero-order valence-electron chi connectivity index (χ0n) is 9.14. The van der Waals surface area contributed by atoms with Crippen LogP contribution in [0.5, 0.6) is 5.75 Å². The number of rotatable bonds is 1. The first-order valence-electron chi connectivity index (χ1n) is 4.99. The molecule has 0 aromatic heterocycles. The molecule has 6 nitrogen and oxygen atoms in total. The van der Waals surface area contributed by atoms with Crippen molar-refractivity contribution in [3.63, 3.8) is 0 Å². The Kier molecular flexibility index (Phi) is 2.80. The number of primary sulfonamides is 1. The maximum atomic E-state index is 11.4. The number of hydrogen-bond donors (Lipinski definition) is 2. The molecular formula is C10H12N2O4S. The molecular weight excluding hydrogens is 244 g/mol. The Morgan fingerprint density at radius 2 is 2.18 bits per heavy atom. The van der Waals surface area contributed by atoms with Gasteiger partial charge in [-0.15, -0.1) is 0 Å². The standard InChI is InChI=1S/C10H12N2O4S/c1-6-4-10(13)12-8-5-7(17(11,14)15)2-3-9(8)16-6/h2-3,5-6H,4H2,1H3,(H,12,13)(H2,11,14,15).